The number of carbonyl (C=O) groups excluding carboxylic acids is 3. The molecule has 1 aliphatic heterocycles. The number of nitrogens with zero attached hydrogens (tertiary/aromatic N) is 2. The van der Waals surface area contributed by atoms with Crippen LogP contribution in [0.2, 0.25) is 0 Å². The molecular weight excluding hydrogens is 458 g/mol. The van der Waals surface area contributed by atoms with E-state index in [-0.39, 0.29) is 31.2 Å². The van der Waals surface area contributed by atoms with Gasteiger partial charge in [0.1, 0.15) is 18.1 Å². The molecular formula is C18H31N7O7S. The van der Waals surface area contributed by atoms with E-state index < -0.39 is 60.2 Å². The van der Waals surface area contributed by atoms with Gasteiger partial charge in [-0.3, -0.25) is 24.2 Å². The molecule has 0 aromatic carbocycles. The lowest BCUT2D eigenvalue weighted by atomic mass is 10.1. The quantitative estimate of drug-likeness (QED) is 0.0557. The summed E-state index contributed by atoms with van der Waals surface area (Å²) >= 11 is 4.05. The van der Waals surface area contributed by atoms with Gasteiger partial charge in [-0.15, -0.1) is 0 Å². The Morgan fingerprint density at radius 1 is 1.12 bits per heavy atom. The molecule has 33 heavy (non-hydrogen) atoms. The zero-order valence-corrected chi connectivity index (χ0v) is 18.9. The van der Waals surface area contributed by atoms with Crippen LogP contribution in [0.25, 0.3) is 0 Å². The van der Waals surface area contributed by atoms with Crippen LogP contribution in [0.1, 0.15) is 32.1 Å². The van der Waals surface area contributed by atoms with Gasteiger partial charge < -0.3 is 42.9 Å². The summed E-state index contributed by atoms with van der Waals surface area (Å²) in [5.41, 5.74) is 16.0. The fraction of sp³-hybridized carbons (Fsp3) is 0.667. The van der Waals surface area contributed by atoms with Crippen molar-refractivity contribution in [1.82, 2.24) is 15.5 Å². The van der Waals surface area contributed by atoms with Gasteiger partial charge in [-0.05, 0) is 25.7 Å². The first-order valence-corrected chi connectivity index (χ1v) is 10.9. The van der Waals surface area contributed by atoms with Gasteiger partial charge in [0.25, 0.3) is 0 Å². The molecule has 0 bridgehead atoms. The van der Waals surface area contributed by atoms with E-state index in [1.54, 1.807) is 0 Å². The fourth-order valence-electron chi connectivity index (χ4n) is 3.29. The highest BCUT2D eigenvalue weighted by Gasteiger charge is 2.38. The number of carbonyl (C=O) groups is 5. The van der Waals surface area contributed by atoms with Crippen LogP contribution < -0.4 is 27.8 Å². The molecule has 0 saturated carbocycles. The largest absolute Gasteiger partial charge is 0.481 e. The lowest BCUT2D eigenvalue weighted by molar-refractivity contribution is -0.144. The summed E-state index contributed by atoms with van der Waals surface area (Å²) in [6, 6.07) is -4.62. The average molecular weight is 490 g/mol. The van der Waals surface area contributed by atoms with Gasteiger partial charge in [-0.1, -0.05) is 0 Å². The van der Waals surface area contributed by atoms with Crippen LogP contribution in [-0.4, -0.2) is 93.7 Å². The maximum atomic E-state index is 12.7. The second kappa shape index (κ2) is 13.5. The van der Waals surface area contributed by atoms with Crippen LogP contribution in [-0.2, 0) is 24.0 Å². The number of carboxylic acids is 2. The Bertz CT molecular complexity index is 775. The Morgan fingerprint density at radius 2 is 1.79 bits per heavy atom. The van der Waals surface area contributed by atoms with Gasteiger partial charge >= 0.3 is 11.9 Å². The summed E-state index contributed by atoms with van der Waals surface area (Å²) in [7, 11) is 0. The number of amides is 3. The van der Waals surface area contributed by atoms with Gasteiger partial charge in [-0.25, -0.2) is 4.79 Å². The third kappa shape index (κ3) is 9.13. The molecule has 0 aliphatic carbocycles. The van der Waals surface area contributed by atoms with E-state index in [2.05, 4.69) is 28.3 Å². The molecule has 10 N–H and O–H groups in total. The molecule has 4 unspecified atom stereocenters. The zero-order chi connectivity index (χ0) is 25.1. The monoisotopic (exact) mass is 489 g/mol. The number of nitrogens with one attached hydrogen (secondary N) is 2. The third-order valence-electron chi connectivity index (χ3n) is 4.93. The number of likely N-dealkylation sites (tertiary alicyclic amines) is 1. The van der Waals surface area contributed by atoms with Crippen molar-refractivity contribution in [3.63, 3.8) is 0 Å². The number of hydrogen-bond donors (Lipinski definition) is 8. The molecule has 1 aliphatic rings. The Labute approximate surface area is 195 Å². The van der Waals surface area contributed by atoms with Crippen LogP contribution in [0.15, 0.2) is 4.99 Å². The summed E-state index contributed by atoms with van der Waals surface area (Å²) in [5, 5.41) is 23.0. The Hall–Kier alpha value is -3.07. The number of aliphatic carboxylic acids is 2. The van der Waals surface area contributed by atoms with Crippen molar-refractivity contribution in [3.8, 4) is 0 Å². The summed E-state index contributed by atoms with van der Waals surface area (Å²) in [4.78, 5) is 64.9. The van der Waals surface area contributed by atoms with Crippen molar-refractivity contribution in [1.29, 1.82) is 0 Å². The summed E-state index contributed by atoms with van der Waals surface area (Å²) in [6.07, 6.45) is 0.574. The molecule has 0 aromatic rings. The van der Waals surface area contributed by atoms with E-state index in [0.29, 0.717) is 19.3 Å². The number of nitrogens with two attached hydrogens (primary N) is 3. The van der Waals surface area contributed by atoms with Crippen molar-refractivity contribution in [3.05, 3.63) is 0 Å². The topological polar surface area (TPSA) is 244 Å². The maximum absolute atomic E-state index is 12.7. The molecule has 0 aromatic heterocycles. The van der Waals surface area contributed by atoms with Gasteiger partial charge in [-0.2, -0.15) is 12.6 Å². The van der Waals surface area contributed by atoms with Crippen LogP contribution in [0.3, 0.4) is 0 Å². The van der Waals surface area contributed by atoms with Gasteiger partial charge in [0.05, 0.1) is 12.5 Å². The number of thiol groups is 1. The maximum Gasteiger partial charge on any atom is 0.326 e. The third-order valence-corrected chi connectivity index (χ3v) is 5.29. The van der Waals surface area contributed by atoms with Crippen LogP contribution in [0.4, 0.5) is 0 Å². The molecule has 0 spiro atoms. The van der Waals surface area contributed by atoms with Gasteiger partial charge in [0.15, 0.2) is 5.96 Å². The molecule has 1 saturated heterocycles. The van der Waals surface area contributed by atoms with E-state index in [0.717, 1.165) is 0 Å². The van der Waals surface area contributed by atoms with Crippen LogP contribution in [0, 0.1) is 0 Å². The first kappa shape index (κ1) is 28.0. The van der Waals surface area contributed by atoms with E-state index >= 15 is 0 Å². The summed E-state index contributed by atoms with van der Waals surface area (Å²) in [6.45, 7) is 0.406. The van der Waals surface area contributed by atoms with Crippen LogP contribution >= 0.6 is 12.6 Å². The Morgan fingerprint density at radius 3 is 2.33 bits per heavy atom. The number of aliphatic imine (C=N–C) groups is 1. The first-order valence-electron chi connectivity index (χ1n) is 10.3. The molecule has 4 atom stereocenters. The summed E-state index contributed by atoms with van der Waals surface area (Å²) in [5.74, 6) is -4.84. The molecule has 1 fully saturated rings. The number of carboxylic acid groups (broad SMARTS) is 2. The molecule has 1 rings (SSSR count). The predicted molar refractivity (Wildman–Crippen MR) is 120 cm³/mol. The van der Waals surface area contributed by atoms with Gasteiger partial charge in [0, 0.05) is 18.8 Å². The molecule has 186 valence electrons. The summed E-state index contributed by atoms with van der Waals surface area (Å²) < 4.78 is 0. The smallest absolute Gasteiger partial charge is 0.326 e. The predicted octanol–water partition coefficient (Wildman–Crippen LogP) is -3.18. The van der Waals surface area contributed by atoms with Crippen molar-refractivity contribution >= 4 is 48.2 Å². The van der Waals surface area contributed by atoms with E-state index in [4.69, 9.17) is 22.3 Å². The number of rotatable bonds is 13. The van der Waals surface area contributed by atoms with E-state index in [1.165, 1.54) is 4.90 Å². The van der Waals surface area contributed by atoms with Crippen molar-refractivity contribution in [2.45, 2.75) is 56.3 Å². The van der Waals surface area contributed by atoms with Crippen LogP contribution in [0.5, 0.6) is 0 Å². The van der Waals surface area contributed by atoms with E-state index in [1.807, 2.05) is 0 Å². The minimum Gasteiger partial charge on any atom is -0.481 e. The van der Waals surface area contributed by atoms with Crippen molar-refractivity contribution in [2.75, 3.05) is 18.8 Å². The standard InChI is InChI=1S/C18H31N7O7S/c19-9(7-13(26)27)16(30)25-6-2-4-12(25)15(29)24-11(8-33)14(28)23-10(17(31)32)3-1-5-22-18(20)21/h9-12,33H,1-8,19H2,(H,23,28)(H,24,29)(H,26,27)(H,31,32)(H4,20,21,22). The Balaban J connectivity index is 2.74. The second-order valence-corrected chi connectivity index (χ2v) is 7.85. The second-order valence-electron chi connectivity index (χ2n) is 7.49. The lowest BCUT2D eigenvalue weighted by Gasteiger charge is -2.28. The highest BCUT2D eigenvalue weighted by molar-refractivity contribution is 7.80. The molecule has 3 amide bonds. The number of guanidine groups is 1. The SMILES string of the molecule is NC(N)=NCCCC(NC(=O)C(CS)NC(=O)C1CCCN1C(=O)C(N)CC(=O)O)C(=O)O. The highest BCUT2D eigenvalue weighted by Crippen LogP contribution is 2.19. The Kier molecular flexibility index (Phi) is 11.4. The molecule has 15 heteroatoms. The minimum atomic E-state index is -1.30. The van der Waals surface area contributed by atoms with Gasteiger partial charge in [0.2, 0.25) is 17.7 Å². The average Bonchev–Trinajstić information content (AvgIpc) is 3.22. The highest BCUT2D eigenvalue weighted by atomic mass is 32.1. The molecule has 0 radical (unpaired) electrons. The number of hydrogen-bond acceptors (Lipinski definition) is 8. The first-order chi connectivity index (χ1) is 15.5. The minimum absolute atomic E-state index is 0.0530. The lowest BCUT2D eigenvalue weighted by Crippen LogP contribution is -2.57. The van der Waals surface area contributed by atoms with Crippen molar-refractivity contribution in [2.24, 2.45) is 22.2 Å². The molecule has 1 heterocycles. The van der Waals surface area contributed by atoms with E-state index in [9.17, 15) is 29.1 Å². The molecule has 14 nitrogen and oxygen atoms in total. The fourth-order valence-corrected chi connectivity index (χ4v) is 3.54. The van der Waals surface area contributed by atoms with Crippen molar-refractivity contribution < 1.29 is 34.2 Å². The normalized spacial score (nSPS) is 18.0. The zero-order valence-electron chi connectivity index (χ0n) is 18.0.